The standard InChI is InChI=1S/C12H22N2S/c1-5-13-11(8-9-14(3)4)12-7-6-10(2)15-12/h6-7,11,13H,5,8-9H2,1-4H3. The van der Waals surface area contributed by atoms with Crippen LogP contribution in [-0.2, 0) is 0 Å². The molecule has 0 spiro atoms. The van der Waals surface area contributed by atoms with Gasteiger partial charge in [0.15, 0.2) is 0 Å². The molecule has 0 radical (unpaired) electrons. The quantitative estimate of drug-likeness (QED) is 0.802. The molecule has 0 aliphatic heterocycles. The molecule has 3 heteroatoms. The van der Waals surface area contributed by atoms with E-state index in [0.29, 0.717) is 6.04 Å². The van der Waals surface area contributed by atoms with Gasteiger partial charge in [0.2, 0.25) is 0 Å². The van der Waals surface area contributed by atoms with Crippen LogP contribution in [0.5, 0.6) is 0 Å². The van der Waals surface area contributed by atoms with Gasteiger partial charge in [-0.25, -0.2) is 0 Å². The third kappa shape index (κ3) is 4.33. The Hall–Kier alpha value is -0.380. The fourth-order valence-corrected chi connectivity index (χ4v) is 2.61. The van der Waals surface area contributed by atoms with E-state index in [1.54, 1.807) is 0 Å². The zero-order valence-electron chi connectivity index (χ0n) is 10.2. The van der Waals surface area contributed by atoms with E-state index in [1.807, 2.05) is 11.3 Å². The maximum absolute atomic E-state index is 3.55. The van der Waals surface area contributed by atoms with E-state index in [9.17, 15) is 0 Å². The lowest BCUT2D eigenvalue weighted by Crippen LogP contribution is -2.24. The molecule has 0 saturated heterocycles. The number of hydrogen-bond donors (Lipinski definition) is 1. The largest absolute Gasteiger partial charge is 0.309 e. The third-order valence-electron chi connectivity index (χ3n) is 2.42. The number of hydrogen-bond acceptors (Lipinski definition) is 3. The van der Waals surface area contributed by atoms with Gasteiger partial charge in [-0.3, -0.25) is 0 Å². The Morgan fingerprint density at radius 3 is 2.60 bits per heavy atom. The van der Waals surface area contributed by atoms with Crippen molar-refractivity contribution < 1.29 is 0 Å². The highest BCUT2D eigenvalue weighted by molar-refractivity contribution is 7.12. The molecule has 1 rings (SSSR count). The monoisotopic (exact) mass is 226 g/mol. The average molecular weight is 226 g/mol. The summed E-state index contributed by atoms with van der Waals surface area (Å²) in [5.74, 6) is 0. The maximum atomic E-state index is 3.55. The number of nitrogens with zero attached hydrogens (tertiary/aromatic N) is 1. The minimum absolute atomic E-state index is 0.524. The van der Waals surface area contributed by atoms with Crippen molar-refractivity contribution in [2.24, 2.45) is 0 Å². The van der Waals surface area contributed by atoms with E-state index in [2.05, 4.69) is 50.3 Å². The van der Waals surface area contributed by atoms with Gasteiger partial charge in [0.25, 0.3) is 0 Å². The maximum Gasteiger partial charge on any atom is 0.0427 e. The van der Waals surface area contributed by atoms with Crippen LogP contribution in [0.4, 0.5) is 0 Å². The van der Waals surface area contributed by atoms with Gasteiger partial charge >= 0.3 is 0 Å². The Bertz CT molecular complexity index is 281. The minimum atomic E-state index is 0.524. The van der Waals surface area contributed by atoms with Crippen molar-refractivity contribution in [3.05, 3.63) is 21.9 Å². The highest BCUT2D eigenvalue weighted by atomic mass is 32.1. The summed E-state index contributed by atoms with van der Waals surface area (Å²) >= 11 is 1.91. The molecule has 1 atom stereocenters. The van der Waals surface area contributed by atoms with Gasteiger partial charge in [-0.2, -0.15) is 0 Å². The normalized spacial score (nSPS) is 13.4. The molecule has 1 aromatic heterocycles. The van der Waals surface area contributed by atoms with Crippen molar-refractivity contribution in [3.8, 4) is 0 Å². The Balaban J connectivity index is 2.57. The number of aryl methyl sites for hydroxylation is 1. The van der Waals surface area contributed by atoms with E-state index in [4.69, 9.17) is 0 Å². The second-order valence-electron chi connectivity index (χ2n) is 4.15. The summed E-state index contributed by atoms with van der Waals surface area (Å²) in [5.41, 5.74) is 0. The number of thiophene rings is 1. The molecule has 1 aromatic rings. The van der Waals surface area contributed by atoms with Crippen LogP contribution in [0, 0.1) is 6.92 Å². The van der Waals surface area contributed by atoms with Crippen molar-refractivity contribution in [3.63, 3.8) is 0 Å². The van der Waals surface area contributed by atoms with Gasteiger partial charge in [0.05, 0.1) is 0 Å². The van der Waals surface area contributed by atoms with Crippen LogP contribution in [-0.4, -0.2) is 32.1 Å². The van der Waals surface area contributed by atoms with Crippen molar-refractivity contribution in [1.82, 2.24) is 10.2 Å². The molecule has 0 aromatic carbocycles. The Kier molecular flexibility index (Phi) is 5.29. The molecule has 86 valence electrons. The highest BCUT2D eigenvalue weighted by Gasteiger charge is 2.11. The van der Waals surface area contributed by atoms with Crippen LogP contribution in [0.25, 0.3) is 0 Å². The van der Waals surface area contributed by atoms with Gasteiger partial charge in [-0.1, -0.05) is 6.92 Å². The van der Waals surface area contributed by atoms with Crippen LogP contribution < -0.4 is 5.32 Å². The van der Waals surface area contributed by atoms with Gasteiger partial charge < -0.3 is 10.2 Å². The number of rotatable bonds is 6. The molecular formula is C12H22N2S. The minimum Gasteiger partial charge on any atom is -0.309 e. The van der Waals surface area contributed by atoms with E-state index in [0.717, 1.165) is 13.1 Å². The molecule has 2 nitrogen and oxygen atoms in total. The molecule has 1 heterocycles. The van der Waals surface area contributed by atoms with Crippen molar-refractivity contribution in [2.75, 3.05) is 27.2 Å². The molecular weight excluding hydrogens is 204 g/mol. The Labute approximate surface area is 97.3 Å². The first-order valence-corrected chi connectivity index (χ1v) is 6.39. The predicted molar refractivity (Wildman–Crippen MR) is 68.6 cm³/mol. The molecule has 0 bridgehead atoms. The van der Waals surface area contributed by atoms with E-state index < -0.39 is 0 Å². The second kappa shape index (κ2) is 6.26. The molecule has 0 aliphatic rings. The topological polar surface area (TPSA) is 15.3 Å². The van der Waals surface area contributed by atoms with Crippen LogP contribution in [0.1, 0.15) is 29.1 Å². The molecule has 0 fully saturated rings. The summed E-state index contributed by atoms with van der Waals surface area (Å²) in [6, 6.07) is 4.99. The van der Waals surface area contributed by atoms with Gasteiger partial charge in [-0.05, 0) is 52.7 Å². The zero-order valence-corrected chi connectivity index (χ0v) is 11.0. The Morgan fingerprint density at radius 1 is 1.40 bits per heavy atom. The lowest BCUT2D eigenvalue weighted by molar-refractivity contribution is 0.365. The SMILES string of the molecule is CCNC(CCN(C)C)c1ccc(C)s1. The van der Waals surface area contributed by atoms with E-state index >= 15 is 0 Å². The highest BCUT2D eigenvalue weighted by Crippen LogP contribution is 2.25. The fourth-order valence-electron chi connectivity index (χ4n) is 1.62. The lowest BCUT2D eigenvalue weighted by atomic mass is 10.1. The number of nitrogens with one attached hydrogen (secondary N) is 1. The lowest BCUT2D eigenvalue weighted by Gasteiger charge is -2.18. The van der Waals surface area contributed by atoms with Crippen molar-refractivity contribution in [1.29, 1.82) is 0 Å². The van der Waals surface area contributed by atoms with Crippen molar-refractivity contribution in [2.45, 2.75) is 26.3 Å². The molecule has 0 amide bonds. The average Bonchev–Trinajstić information content (AvgIpc) is 2.59. The van der Waals surface area contributed by atoms with Gasteiger partial charge in [-0.15, -0.1) is 11.3 Å². The second-order valence-corrected chi connectivity index (χ2v) is 5.47. The van der Waals surface area contributed by atoms with Gasteiger partial charge in [0.1, 0.15) is 0 Å². The third-order valence-corrected chi connectivity index (χ3v) is 3.53. The first-order valence-electron chi connectivity index (χ1n) is 5.58. The fraction of sp³-hybridized carbons (Fsp3) is 0.667. The summed E-state index contributed by atoms with van der Waals surface area (Å²) in [5, 5.41) is 3.55. The summed E-state index contributed by atoms with van der Waals surface area (Å²) in [6.07, 6.45) is 1.18. The molecule has 1 N–H and O–H groups in total. The Morgan fingerprint density at radius 2 is 2.13 bits per heavy atom. The van der Waals surface area contributed by atoms with Crippen LogP contribution in [0.3, 0.4) is 0 Å². The summed E-state index contributed by atoms with van der Waals surface area (Å²) in [4.78, 5) is 5.11. The molecule has 15 heavy (non-hydrogen) atoms. The summed E-state index contributed by atoms with van der Waals surface area (Å²) in [7, 11) is 4.26. The van der Waals surface area contributed by atoms with Gasteiger partial charge in [0, 0.05) is 15.8 Å². The van der Waals surface area contributed by atoms with E-state index in [1.165, 1.54) is 16.2 Å². The first kappa shape index (κ1) is 12.7. The summed E-state index contributed by atoms with van der Waals surface area (Å²) in [6.45, 7) is 6.51. The van der Waals surface area contributed by atoms with E-state index in [-0.39, 0.29) is 0 Å². The summed E-state index contributed by atoms with van der Waals surface area (Å²) < 4.78 is 0. The smallest absolute Gasteiger partial charge is 0.0427 e. The zero-order chi connectivity index (χ0) is 11.3. The molecule has 0 saturated carbocycles. The molecule has 0 aliphatic carbocycles. The van der Waals surface area contributed by atoms with Crippen molar-refractivity contribution >= 4 is 11.3 Å². The van der Waals surface area contributed by atoms with Crippen LogP contribution >= 0.6 is 11.3 Å². The first-order chi connectivity index (χ1) is 7.13. The van der Waals surface area contributed by atoms with Crippen LogP contribution in [0.2, 0.25) is 0 Å². The molecule has 1 unspecified atom stereocenters. The predicted octanol–water partition coefficient (Wildman–Crippen LogP) is 2.66. The van der Waals surface area contributed by atoms with Crippen LogP contribution in [0.15, 0.2) is 12.1 Å².